The normalized spacial score (nSPS) is 12.5. The fourth-order valence-electron chi connectivity index (χ4n) is 1.44. The zero-order valence-corrected chi connectivity index (χ0v) is 9.06. The average Bonchev–Trinajstić information content (AvgIpc) is 2.22. The Morgan fingerprint density at radius 2 is 2.20 bits per heavy atom. The van der Waals surface area contributed by atoms with Crippen LogP contribution in [0.15, 0.2) is 18.2 Å². The average molecular weight is 211 g/mol. The summed E-state index contributed by atoms with van der Waals surface area (Å²) in [6.45, 7) is 4.69. The first-order chi connectivity index (χ1) is 7.20. The lowest BCUT2D eigenvalue weighted by atomic mass is 10.0. The number of hydrogen-bond acceptors (Lipinski definition) is 4. The third-order valence-corrected chi connectivity index (χ3v) is 2.21. The number of nitrogens with two attached hydrogens (primary N) is 1. The zero-order valence-electron chi connectivity index (χ0n) is 9.06. The van der Waals surface area contributed by atoms with Gasteiger partial charge in [-0.25, -0.2) is 5.90 Å². The van der Waals surface area contributed by atoms with Crippen LogP contribution >= 0.6 is 0 Å². The highest BCUT2D eigenvalue weighted by Crippen LogP contribution is 2.34. The van der Waals surface area contributed by atoms with Gasteiger partial charge in [0.25, 0.3) is 0 Å². The summed E-state index contributed by atoms with van der Waals surface area (Å²) in [5, 5.41) is 9.90. The molecule has 4 heteroatoms. The van der Waals surface area contributed by atoms with Crippen molar-refractivity contribution in [1.82, 2.24) is 0 Å². The fraction of sp³-hybridized carbons (Fsp3) is 0.455. The lowest BCUT2D eigenvalue weighted by Crippen LogP contribution is -2.09. The van der Waals surface area contributed by atoms with Crippen molar-refractivity contribution in [3.05, 3.63) is 23.8 Å². The van der Waals surface area contributed by atoms with Gasteiger partial charge in [-0.05, 0) is 13.0 Å². The molecule has 0 saturated carbocycles. The number of rotatable bonds is 5. The first-order valence-corrected chi connectivity index (χ1v) is 4.97. The number of phenolic OH excluding ortho intramolecular Hbond substituents is 1. The molecule has 0 fully saturated rings. The molecule has 3 N–H and O–H groups in total. The van der Waals surface area contributed by atoms with Crippen LogP contribution in [0, 0.1) is 0 Å². The second kappa shape index (κ2) is 5.58. The van der Waals surface area contributed by atoms with Crippen LogP contribution < -0.4 is 10.6 Å². The second-order valence-corrected chi connectivity index (χ2v) is 3.36. The minimum Gasteiger partial charge on any atom is -0.504 e. The third-order valence-electron chi connectivity index (χ3n) is 2.21. The Labute approximate surface area is 89.6 Å². The van der Waals surface area contributed by atoms with Gasteiger partial charge in [0.05, 0.1) is 13.2 Å². The van der Waals surface area contributed by atoms with Crippen molar-refractivity contribution < 1.29 is 14.7 Å². The van der Waals surface area contributed by atoms with E-state index >= 15 is 0 Å². The molecular weight excluding hydrogens is 194 g/mol. The molecular formula is C11H17NO3. The van der Waals surface area contributed by atoms with Crippen LogP contribution in [0.2, 0.25) is 0 Å². The first kappa shape index (κ1) is 11.8. The van der Waals surface area contributed by atoms with Crippen molar-refractivity contribution in [2.24, 2.45) is 5.90 Å². The van der Waals surface area contributed by atoms with E-state index in [0.29, 0.717) is 19.0 Å². The molecule has 4 nitrogen and oxygen atoms in total. The molecule has 0 aliphatic rings. The number of hydrogen-bond donors (Lipinski definition) is 2. The van der Waals surface area contributed by atoms with E-state index in [9.17, 15) is 5.11 Å². The Morgan fingerprint density at radius 3 is 2.80 bits per heavy atom. The Morgan fingerprint density at radius 1 is 1.47 bits per heavy atom. The minimum absolute atomic E-state index is 0.0374. The fourth-order valence-corrected chi connectivity index (χ4v) is 1.44. The SMILES string of the molecule is CCOc1cccc(C(C)CON)c1O. The topological polar surface area (TPSA) is 64.7 Å². The zero-order chi connectivity index (χ0) is 11.3. The van der Waals surface area contributed by atoms with E-state index in [1.165, 1.54) is 0 Å². The van der Waals surface area contributed by atoms with Gasteiger partial charge in [0.1, 0.15) is 0 Å². The van der Waals surface area contributed by atoms with Crippen molar-refractivity contribution in [2.45, 2.75) is 19.8 Å². The predicted octanol–water partition coefficient (Wildman–Crippen LogP) is 1.78. The number of aromatic hydroxyl groups is 1. The summed E-state index contributed by atoms with van der Waals surface area (Å²) in [7, 11) is 0. The van der Waals surface area contributed by atoms with E-state index in [1.54, 1.807) is 6.07 Å². The maximum absolute atomic E-state index is 9.90. The largest absolute Gasteiger partial charge is 0.504 e. The monoisotopic (exact) mass is 211 g/mol. The molecule has 0 saturated heterocycles. The van der Waals surface area contributed by atoms with Crippen LogP contribution in [0.3, 0.4) is 0 Å². The molecule has 0 radical (unpaired) electrons. The molecule has 1 aromatic carbocycles. The number of phenols is 1. The molecule has 0 spiro atoms. The molecule has 0 amide bonds. The van der Waals surface area contributed by atoms with E-state index in [0.717, 1.165) is 5.56 Å². The minimum atomic E-state index is 0.0374. The van der Waals surface area contributed by atoms with Crippen LogP contribution in [-0.2, 0) is 4.84 Å². The van der Waals surface area contributed by atoms with Gasteiger partial charge in [-0.1, -0.05) is 19.1 Å². The van der Waals surface area contributed by atoms with Gasteiger partial charge < -0.3 is 14.7 Å². The van der Waals surface area contributed by atoms with Crippen molar-refractivity contribution in [1.29, 1.82) is 0 Å². The van der Waals surface area contributed by atoms with Gasteiger partial charge in [0.2, 0.25) is 0 Å². The van der Waals surface area contributed by atoms with E-state index in [-0.39, 0.29) is 11.7 Å². The van der Waals surface area contributed by atoms with Crippen molar-refractivity contribution in [3.8, 4) is 11.5 Å². The molecule has 0 aliphatic carbocycles. The van der Waals surface area contributed by atoms with E-state index < -0.39 is 0 Å². The van der Waals surface area contributed by atoms with E-state index in [1.807, 2.05) is 26.0 Å². The van der Waals surface area contributed by atoms with Gasteiger partial charge in [0, 0.05) is 11.5 Å². The third kappa shape index (κ3) is 2.84. The molecule has 15 heavy (non-hydrogen) atoms. The summed E-state index contributed by atoms with van der Waals surface area (Å²) in [5.41, 5.74) is 0.784. The Bertz CT molecular complexity index is 315. The summed E-state index contributed by atoms with van der Waals surface area (Å²) in [6, 6.07) is 5.41. The quantitative estimate of drug-likeness (QED) is 0.729. The van der Waals surface area contributed by atoms with Crippen LogP contribution in [0.25, 0.3) is 0 Å². The standard InChI is InChI=1S/C11H17NO3/c1-3-14-10-6-4-5-9(11(10)13)8(2)7-15-12/h4-6,8,13H,3,7,12H2,1-2H3. The van der Waals surface area contributed by atoms with Gasteiger partial charge in [-0.15, -0.1) is 0 Å². The van der Waals surface area contributed by atoms with Crippen LogP contribution in [0.4, 0.5) is 0 Å². The summed E-state index contributed by atoms with van der Waals surface area (Å²) < 4.78 is 5.28. The highest BCUT2D eigenvalue weighted by molar-refractivity contribution is 5.46. The van der Waals surface area contributed by atoms with Crippen molar-refractivity contribution in [2.75, 3.05) is 13.2 Å². The molecule has 0 bridgehead atoms. The van der Waals surface area contributed by atoms with E-state index in [4.69, 9.17) is 10.6 Å². The summed E-state index contributed by atoms with van der Waals surface area (Å²) in [5.74, 6) is 5.71. The highest BCUT2D eigenvalue weighted by Gasteiger charge is 2.13. The summed E-state index contributed by atoms with van der Waals surface area (Å²) in [6.07, 6.45) is 0. The van der Waals surface area contributed by atoms with Crippen LogP contribution in [-0.4, -0.2) is 18.3 Å². The molecule has 1 rings (SSSR count). The lowest BCUT2D eigenvalue weighted by molar-refractivity contribution is 0.126. The predicted molar refractivity (Wildman–Crippen MR) is 57.8 cm³/mol. The Kier molecular flexibility index (Phi) is 4.39. The van der Waals surface area contributed by atoms with Gasteiger partial charge in [-0.2, -0.15) is 0 Å². The number of ether oxygens (including phenoxy) is 1. The maximum Gasteiger partial charge on any atom is 0.161 e. The maximum atomic E-state index is 9.90. The molecule has 1 unspecified atom stereocenters. The molecule has 0 aromatic heterocycles. The molecule has 0 aliphatic heterocycles. The number of para-hydroxylation sites is 1. The summed E-state index contributed by atoms with van der Waals surface area (Å²) in [4.78, 5) is 4.56. The first-order valence-electron chi connectivity index (χ1n) is 4.97. The number of benzene rings is 1. The van der Waals surface area contributed by atoms with Crippen molar-refractivity contribution >= 4 is 0 Å². The molecule has 0 heterocycles. The molecule has 84 valence electrons. The highest BCUT2D eigenvalue weighted by atomic mass is 16.6. The Hall–Kier alpha value is -1.26. The van der Waals surface area contributed by atoms with Crippen LogP contribution in [0.5, 0.6) is 11.5 Å². The van der Waals surface area contributed by atoms with Gasteiger partial charge in [0.15, 0.2) is 11.5 Å². The van der Waals surface area contributed by atoms with Crippen molar-refractivity contribution in [3.63, 3.8) is 0 Å². The van der Waals surface area contributed by atoms with Gasteiger partial charge in [-0.3, -0.25) is 0 Å². The Balaban J connectivity index is 2.92. The molecule has 1 aromatic rings. The lowest BCUT2D eigenvalue weighted by Gasteiger charge is -2.14. The van der Waals surface area contributed by atoms with Crippen LogP contribution in [0.1, 0.15) is 25.3 Å². The van der Waals surface area contributed by atoms with E-state index in [2.05, 4.69) is 4.84 Å². The smallest absolute Gasteiger partial charge is 0.161 e. The van der Waals surface area contributed by atoms with Gasteiger partial charge >= 0.3 is 0 Å². The second-order valence-electron chi connectivity index (χ2n) is 3.36. The molecule has 1 atom stereocenters. The summed E-state index contributed by atoms with van der Waals surface area (Å²) >= 11 is 0.